The van der Waals surface area contributed by atoms with Gasteiger partial charge in [-0.25, -0.2) is 0 Å². The summed E-state index contributed by atoms with van der Waals surface area (Å²) in [5.74, 6) is 0.679. The number of amides is 2. The van der Waals surface area contributed by atoms with E-state index in [4.69, 9.17) is 0 Å². The van der Waals surface area contributed by atoms with Crippen LogP contribution in [-0.2, 0) is 11.2 Å². The lowest BCUT2D eigenvalue weighted by molar-refractivity contribution is -0.115. The van der Waals surface area contributed by atoms with Crippen molar-refractivity contribution in [2.45, 2.75) is 25.3 Å². The molecule has 2 unspecified atom stereocenters. The molecule has 1 aromatic carbocycles. The van der Waals surface area contributed by atoms with E-state index >= 15 is 0 Å². The van der Waals surface area contributed by atoms with Crippen LogP contribution in [0, 0.1) is 5.92 Å². The van der Waals surface area contributed by atoms with Gasteiger partial charge in [0.2, 0.25) is 5.91 Å². The number of hydrogen-bond acceptors (Lipinski definition) is 3. The van der Waals surface area contributed by atoms with Crippen LogP contribution in [0.1, 0.15) is 28.8 Å². The van der Waals surface area contributed by atoms with Crippen molar-refractivity contribution in [3.8, 4) is 0 Å². The molecule has 2 saturated heterocycles. The molecule has 5 nitrogen and oxygen atoms in total. The first-order chi connectivity index (χ1) is 10.2. The van der Waals surface area contributed by atoms with Crippen molar-refractivity contribution in [1.29, 1.82) is 0 Å². The SMILES string of the molecule is O=C1Cc2ccc(C(=O)N3CC4CCCNC4C3)cc2N1. The number of anilines is 1. The van der Waals surface area contributed by atoms with Crippen LogP contribution in [0.4, 0.5) is 5.69 Å². The van der Waals surface area contributed by atoms with Gasteiger partial charge in [-0.3, -0.25) is 9.59 Å². The van der Waals surface area contributed by atoms with E-state index in [-0.39, 0.29) is 11.8 Å². The standard InChI is InChI=1S/C16H19N3O2/c20-15-7-10-3-4-11(6-13(10)18-15)16(21)19-8-12-2-1-5-17-14(12)9-19/h3-4,6,12,14,17H,1-2,5,7-9H2,(H,18,20). The third-order valence-electron chi connectivity index (χ3n) is 4.87. The Morgan fingerprint density at radius 1 is 1.29 bits per heavy atom. The molecule has 0 aliphatic carbocycles. The van der Waals surface area contributed by atoms with Gasteiger partial charge in [0.15, 0.2) is 0 Å². The van der Waals surface area contributed by atoms with Crippen molar-refractivity contribution in [2.75, 3.05) is 25.0 Å². The molecule has 21 heavy (non-hydrogen) atoms. The Labute approximate surface area is 123 Å². The molecule has 5 heteroatoms. The Kier molecular flexibility index (Phi) is 2.96. The number of rotatable bonds is 1. The molecule has 0 bridgehead atoms. The minimum absolute atomic E-state index is 0.00555. The molecule has 2 N–H and O–H groups in total. The maximum absolute atomic E-state index is 12.7. The number of nitrogens with one attached hydrogen (secondary N) is 2. The van der Waals surface area contributed by atoms with Gasteiger partial charge in [0.05, 0.1) is 6.42 Å². The van der Waals surface area contributed by atoms with Gasteiger partial charge in [0.1, 0.15) is 0 Å². The summed E-state index contributed by atoms with van der Waals surface area (Å²) in [6.07, 6.45) is 2.83. The summed E-state index contributed by atoms with van der Waals surface area (Å²) >= 11 is 0. The zero-order valence-corrected chi connectivity index (χ0v) is 11.9. The summed E-state index contributed by atoms with van der Waals surface area (Å²) in [6, 6.07) is 6.01. The normalized spacial score (nSPS) is 27.2. The summed E-state index contributed by atoms with van der Waals surface area (Å²) in [4.78, 5) is 26.0. The second-order valence-electron chi connectivity index (χ2n) is 6.27. The van der Waals surface area contributed by atoms with E-state index in [1.807, 2.05) is 23.1 Å². The van der Waals surface area contributed by atoms with Crippen molar-refractivity contribution in [1.82, 2.24) is 10.2 Å². The summed E-state index contributed by atoms with van der Waals surface area (Å²) in [7, 11) is 0. The molecule has 2 atom stereocenters. The Hall–Kier alpha value is -1.88. The third-order valence-corrected chi connectivity index (χ3v) is 4.87. The molecule has 4 rings (SSSR count). The van der Waals surface area contributed by atoms with Gasteiger partial charge in [-0.15, -0.1) is 0 Å². The summed E-state index contributed by atoms with van der Waals surface area (Å²) in [6.45, 7) is 2.71. The van der Waals surface area contributed by atoms with E-state index in [1.54, 1.807) is 0 Å². The average Bonchev–Trinajstić information content (AvgIpc) is 3.07. The van der Waals surface area contributed by atoms with Crippen molar-refractivity contribution >= 4 is 17.5 Å². The first kappa shape index (κ1) is 12.8. The highest BCUT2D eigenvalue weighted by Crippen LogP contribution is 2.28. The highest BCUT2D eigenvalue weighted by Gasteiger charge is 2.36. The fourth-order valence-electron chi connectivity index (χ4n) is 3.74. The van der Waals surface area contributed by atoms with E-state index < -0.39 is 0 Å². The highest BCUT2D eigenvalue weighted by molar-refractivity contribution is 6.02. The fourth-order valence-corrected chi connectivity index (χ4v) is 3.74. The minimum atomic E-state index is 0.00555. The second kappa shape index (κ2) is 4.84. The Balaban J connectivity index is 1.53. The highest BCUT2D eigenvalue weighted by atomic mass is 16.2. The van der Waals surface area contributed by atoms with E-state index in [2.05, 4.69) is 10.6 Å². The predicted octanol–water partition coefficient (Wildman–Crippen LogP) is 1.01. The summed E-state index contributed by atoms with van der Waals surface area (Å²) < 4.78 is 0. The van der Waals surface area contributed by atoms with E-state index in [9.17, 15) is 9.59 Å². The van der Waals surface area contributed by atoms with Crippen LogP contribution in [0.5, 0.6) is 0 Å². The lowest BCUT2D eigenvalue weighted by Crippen LogP contribution is -2.41. The number of benzene rings is 1. The van der Waals surface area contributed by atoms with Gasteiger partial charge in [-0.05, 0) is 43.0 Å². The fraction of sp³-hybridized carbons (Fsp3) is 0.500. The molecule has 3 aliphatic rings. The van der Waals surface area contributed by atoms with Crippen LogP contribution in [0.2, 0.25) is 0 Å². The number of nitrogens with zero attached hydrogens (tertiary/aromatic N) is 1. The molecule has 0 radical (unpaired) electrons. The number of carbonyl (C=O) groups excluding carboxylic acids is 2. The lowest BCUT2D eigenvalue weighted by Gasteiger charge is -2.24. The number of carbonyl (C=O) groups is 2. The van der Waals surface area contributed by atoms with Gasteiger partial charge >= 0.3 is 0 Å². The number of fused-ring (bicyclic) bond motifs is 2. The van der Waals surface area contributed by atoms with Crippen molar-refractivity contribution in [2.24, 2.45) is 5.92 Å². The zero-order valence-electron chi connectivity index (χ0n) is 11.9. The number of likely N-dealkylation sites (tertiary alicyclic amines) is 1. The molecule has 3 heterocycles. The molecule has 3 aliphatic heterocycles. The van der Waals surface area contributed by atoms with Crippen LogP contribution in [-0.4, -0.2) is 42.4 Å². The van der Waals surface area contributed by atoms with E-state index in [0.29, 0.717) is 23.9 Å². The van der Waals surface area contributed by atoms with Crippen molar-refractivity contribution < 1.29 is 9.59 Å². The Bertz CT molecular complexity index is 600. The topological polar surface area (TPSA) is 61.4 Å². The average molecular weight is 285 g/mol. The Morgan fingerprint density at radius 3 is 3.05 bits per heavy atom. The number of hydrogen-bond donors (Lipinski definition) is 2. The van der Waals surface area contributed by atoms with E-state index in [1.165, 1.54) is 12.8 Å². The van der Waals surface area contributed by atoms with Gasteiger partial charge in [-0.1, -0.05) is 6.07 Å². The molecule has 110 valence electrons. The molecule has 2 amide bonds. The molecule has 0 spiro atoms. The molecule has 2 fully saturated rings. The zero-order chi connectivity index (χ0) is 14.4. The Morgan fingerprint density at radius 2 is 2.19 bits per heavy atom. The minimum Gasteiger partial charge on any atom is -0.337 e. The van der Waals surface area contributed by atoms with Crippen LogP contribution in [0.3, 0.4) is 0 Å². The van der Waals surface area contributed by atoms with Crippen LogP contribution >= 0.6 is 0 Å². The maximum atomic E-state index is 12.7. The maximum Gasteiger partial charge on any atom is 0.253 e. The first-order valence-electron chi connectivity index (χ1n) is 7.66. The molecular formula is C16H19N3O2. The van der Waals surface area contributed by atoms with Crippen molar-refractivity contribution in [3.05, 3.63) is 29.3 Å². The predicted molar refractivity (Wildman–Crippen MR) is 79.2 cm³/mol. The van der Waals surface area contributed by atoms with Gasteiger partial charge in [0, 0.05) is 30.4 Å². The molecule has 0 saturated carbocycles. The molecular weight excluding hydrogens is 266 g/mol. The summed E-state index contributed by atoms with van der Waals surface area (Å²) in [5.41, 5.74) is 2.45. The lowest BCUT2D eigenvalue weighted by atomic mass is 9.94. The smallest absolute Gasteiger partial charge is 0.253 e. The van der Waals surface area contributed by atoms with Gasteiger partial charge in [-0.2, -0.15) is 0 Å². The van der Waals surface area contributed by atoms with Crippen LogP contribution in [0.15, 0.2) is 18.2 Å². The monoisotopic (exact) mass is 285 g/mol. The van der Waals surface area contributed by atoms with Crippen molar-refractivity contribution in [3.63, 3.8) is 0 Å². The molecule has 0 aromatic heterocycles. The molecule has 1 aromatic rings. The van der Waals surface area contributed by atoms with Gasteiger partial charge in [0.25, 0.3) is 5.91 Å². The third kappa shape index (κ3) is 2.21. The van der Waals surface area contributed by atoms with E-state index in [0.717, 1.165) is 30.9 Å². The second-order valence-corrected chi connectivity index (χ2v) is 6.27. The van der Waals surface area contributed by atoms with Gasteiger partial charge < -0.3 is 15.5 Å². The number of piperidine rings is 1. The quantitative estimate of drug-likeness (QED) is 0.809. The van der Waals surface area contributed by atoms with Crippen LogP contribution < -0.4 is 10.6 Å². The first-order valence-corrected chi connectivity index (χ1v) is 7.66. The van der Waals surface area contributed by atoms with Crippen LogP contribution in [0.25, 0.3) is 0 Å². The largest absolute Gasteiger partial charge is 0.337 e. The summed E-state index contributed by atoms with van der Waals surface area (Å²) in [5, 5.41) is 6.33.